The normalized spacial score (nSPS) is 11.6. The molecule has 37 heavy (non-hydrogen) atoms. The van der Waals surface area contributed by atoms with Crippen LogP contribution in [0.2, 0.25) is 0 Å². The number of ether oxygens (including phenoxy) is 1. The maximum Gasteiger partial charge on any atom is 0.237 e. The number of thioether (sulfide) groups is 1. The molecule has 2 N–H and O–H groups in total. The van der Waals surface area contributed by atoms with E-state index in [9.17, 15) is 9.59 Å². The molecule has 8 nitrogen and oxygen atoms in total. The molecule has 0 fully saturated rings. The van der Waals surface area contributed by atoms with Gasteiger partial charge in [-0.25, -0.2) is 0 Å². The zero-order valence-electron chi connectivity index (χ0n) is 21.2. The Morgan fingerprint density at radius 3 is 2.22 bits per heavy atom. The number of benzene rings is 3. The molecule has 9 heteroatoms. The first-order valence-corrected chi connectivity index (χ1v) is 12.7. The van der Waals surface area contributed by atoms with E-state index >= 15 is 0 Å². The van der Waals surface area contributed by atoms with Crippen LogP contribution in [-0.2, 0) is 11.3 Å². The average Bonchev–Trinajstić information content (AvgIpc) is 3.30. The van der Waals surface area contributed by atoms with Crippen LogP contribution in [0.1, 0.15) is 35.6 Å². The van der Waals surface area contributed by atoms with Crippen LogP contribution < -0.4 is 15.4 Å². The number of hydrogen-bond acceptors (Lipinski definition) is 7. The summed E-state index contributed by atoms with van der Waals surface area (Å²) in [5.41, 5.74) is 4.25. The molecule has 1 aromatic heterocycles. The van der Waals surface area contributed by atoms with Gasteiger partial charge in [0.25, 0.3) is 0 Å². The highest BCUT2D eigenvalue weighted by Gasteiger charge is 2.21. The lowest BCUT2D eigenvalue weighted by Gasteiger charge is -2.15. The van der Waals surface area contributed by atoms with Crippen molar-refractivity contribution in [3.8, 4) is 11.4 Å². The Balaban J connectivity index is 1.53. The van der Waals surface area contributed by atoms with Crippen LogP contribution in [0.25, 0.3) is 5.69 Å². The monoisotopic (exact) mass is 515 g/mol. The van der Waals surface area contributed by atoms with E-state index in [1.54, 1.807) is 31.4 Å². The largest absolute Gasteiger partial charge is 0.497 e. The number of hydrogen-bond donors (Lipinski definition) is 2. The van der Waals surface area contributed by atoms with E-state index in [1.807, 2.05) is 66.9 Å². The second-order valence-electron chi connectivity index (χ2n) is 8.53. The number of aromatic nitrogens is 3. The van der Waals surface area contributed by atoms with E-state index in [4.69, 9.17) is 4.74 Å². The fraction of sp³-hybridized carbons (Fsp3) is 0.214. The van der Waals surface area contributed by atoms with Crippen molar-refractivity contribution in [1.82, 2.24) is 14.8 Å². The summed E-state index contributed by atoms with van der Waals surface area (Å²) in [6.45, 7) is 5.83. The number of nitrogens with zero attached hydrogens (tertiary/aromatic N) is 3. The lowest BCUT2D eigenvalue weighted by Crippen LogP contribution is -2.23. The number of rotatable bonds is 10. The molecule has 0 saturated carbocycles. The number of nitrogens with one attached hydrogen (secondary N) is 2. The SMILES string of the molecule is COc1ccc(-n2c(CNc3ccc(C)cc3)nnc2S[C@@H](C)C(=O)Nc2ccc(C(C)=O)cc2)cc1. The average molecular weight is 516 g/mol. The summed E-state index contributed by atoms with van der Waals surface area (Å²) in [6, 6.07) is 22.6. The van der Waals surface area contributed by atoms with Gasteiger partial charge in [0.15, 0.2) is 16.8 Å². The fourth-order valence-electron chi connectivity index (χ4n) is 3.58. The van der Waals surface area contributed by atoms with Crippen LogP contribution in [0, 0.1) is 6.92 Å². The van der Waals surface area contributed by atoms with Gasteiger partial charge in [0, 0.05) is 22.6 Å². The number of anilines is 2. The molecule has 3 aromatic carbocycles. The third-order valence-electron chi connectivity index (χ3n) is 5.74. The molecule has 0 unspecified atom stereocenters. The third kappa shape index (κ3) is 6.56. The molecule has 4 rings (SSSR count). The second-order valence-corrected chi connectivity index (χ2v) is 9.84. The quantitative estimate of drug-likeness (QED) is 0.212. The molecule has 0 aliphatic carbocycles. The lowest BCUT2D eigenvalue weighted by molar-refractivity contribution is -0.115. The summed E-state index contributed by atoms with van der Waals surface area (Å²) in [4.78, 5) is 24.4. The number of carbonyl (C=O) groups excluding carboxylic acids is 2. The number of carbonyl (C=O) groups is 2. The van der Waals surface area contributed by atoms with Crippen molar-refractivity contribution in [3.05, 3.63) is 89.7 Å². The highest BCUT2D eigenvalue weighted by atomic mass is 32.2. The minimum atomic E-state index is -0.452. The van der Waals surface area contributed by atoms with E-state index in [1.165, 1.54) is 24.2 Å². The Labute approximate surface area is 220 Å². The maximum atomic E-state index is 12.9. The molecule has 190 valence electrons. The van der Waals surface area contributed by atoms with Crippen LogP contribution >= 0.6 is 11.8 Å². The van der Waals surface area contributed by atoms with Crippen LogP contribution in [-0.4, -0.2) is 38.8 Å². The first-order valence-electron chi connectivity index (χ1n) is 11.8. The van der Waals surface area contributed by atoms with Gasteiger partial charge in [-0.15, -0.1) is 10.2 Å². The van der Waals surface area contributed by atoms with E-state index in [0.717, 1.165) is 17.1 Å². The summed E-state index contributed by atoms with van der Waals surface area (Å²) in [7, 11) is 1.62. The summed E-state index contributed by atoms with van der Waals surface area (Å²) in [5, 5.41) is 15.3. The summed E-state index contributed by atoms with van der Waals surface area (Å²) < 4.78 is 7.25. The zero-order valence-corrected chi connectivity index (χ0v) is 22.0. The Hall–Kier alpha value is -4.11. The van der Waals surface area contributed by atoms with Crippen molar-refractivity contribution in [1.29, 1.82) is 0 Å². The van der Waals surface area contributed by atoms with Gasteiger partial charge in [-0.3, -0.25) is 14.2 Å². The molecule has 1 heterocycles. The maximum absolute atomic E-state index is 12.9. The second kappa shape index (κ2) is 11.7. The molecule has 0 spiro atoms. The predicted molar refractivity (Wildman–Crippen MR) is 147 cm³/mol. The minimum Gasteiger partial charge on any atom is -0.497 e. The molecular weight excluding hydrogens is 486 g/mol. The van der Waals surface area contributed by atoms with Crippen LogP contribution in [0.15, 0.2) is 78.0 Å². The van der Waals surface area contributed by atoms with Gasteiger partial charge >= 0.3 is 0 Å². The van der Waals surface area contributed by atoms with Crippen molar-refractivity contribution in [3.63, 3.8) is 0 Å². The van der Waals surface area contributed by atoms with E-state index in [0.29, 0.717) is 28.8 Å². The van der Waals surface area contributed by atoms with Crippen LogP contribution in [0.4, 0.5) is 11.4 Å². The molecule has 4 aromatic rings. The van der Waals surface area contributed by atoms with Gasteiger partial charge < -0.3 is 15.4 Å². The van der Waals surface area contributed by atoms with Crippen molar-refractivity contribution in [2.75, 3.05) is 17.7 Å². The summed E-state index contributed by atoms with van der Waals surface area (Å²) >= 11 is 1.32. The topological polar surface area (TPSA) is 98.1 Å². The third-order valence-corrected chi connectivity index (χ3v) is 6.79. The molecule has 0 aliphatic rings. The zero-order chi connectivity index (χ0) is 26.4. The van der Waals surface area contributed by atoms with Crippen LogP contribution in [0.3, 0.4) is 0 Å². The number of amides is 1. The summed E-state index contributed by atoms with van der Waals surface area (Å²) in [5.74, 6) is 1.26. The van der Waals surface area contributed by atoms with Gasteiger partial charge in [0.05, 0.1) is 18.9 Å². The standard InChI is InChI=1S/C28H29N5O3S/c1-18-5-9-22(10-6-18)29-17-26-31-32-28(33(26)24-13-15-25(36-4)16-14-24)37-20(3)27(35)30-23-11-7-21(8-12-23)19(2)34/h5-16,20,29H,17H2,1-4H3,(H,30,35)/t20-/m0/s1. The Morgan fingerprint density at radius 2 is 1.59 bits per heavy atom. The highest BCUT2D eigenvalue weighted by molar-refractivity contribution is 8.00. The summed E-state index contributed by atoms with van der Waals surface area (Å²) in [6.07, 6.45) is 0. The Morgan fingerprint density at radius 1 is 0.946 bits per heavy atom. The van der Waals surface area contributed by atoms with Gasteiger partial charge in [0.2, 0.25) is 5.91 Å². The van der Waals surface area contributed by atoms with Crippen LogP contribution in [0.5, 0.6) is 5.75 Å². The number of Topliss-reactive ketones (excluding diaryl/α,β-unsaturated/α-hetero) is 1. The van der Waals surface area contributed by atoms with E-state index < -0.39 is 5.25 Å². The first kappa shape index (κ1) is 26.0. The molecule has 1 amide bonds. The van der Waals surface area contributed by atoms with Gasteiger partial charge in [-0.2, -0.15) is 0 Å². The fourth-order valence-corrected chi connectivity index (χ4v) is 4.46. The van der Waals surface area contributed by atoms with E-state index in [-0.39, 0.29) is 11.7 Å². The first-order chi connectivity index (χ1) is 17.8. The van der Waals surface area contributed by atoms with Crippen molar-refractivity contribution < 1.29 is 14.3 Å². The van der Waals surface area contributed by atoms with Gasteiger partial charge in [-0.1, -0.05) is 29.5 Å². The van der Waals surface area contributed by atoms with Gasteiger partial charge in [0.1, 0.15) is 5.75 Å². The predicted octanol–water partition coefficient (Wildman–Crippen LogP) is 5.52. The van der Waals surface area contributed by atoms with Crippen molar-refractivity contribution in [2.45, 2.75) is 37.7 Å². The number of ketones is 1. The lowest BCUT2D eigenvalue weighted by atomic mass is 10.1. The molecule has 0 radical (unpaired) electrons. The molecular formula is C28H29N5O3S. The smallest absolute Gasteiger partial charge is 0.237 e. The Kier molecular flexibility index (Phi) is 8.25. The number of aryl methyl sites for hydroxylation is 1. The highest BCUT2D eigenvalue weighted by Crippen LogP contribution is 2.28. The number of methoxy groups -OCH3 is 1. The van der Waals surface area contributed by atoms with Gasteiger partial charge in [-0.05, 0) is 81.4 Å². The molecule has 0 bridgehead atoms. The molecule has 0 saturated heterocycles. The van der Waals surface area contributed by atoms with Crippen molar-refractivity contribution in [2.24, 2.45) is 0 Å². The molecule has 0 aliphatic heterocycles. The minimum absolute atomic E-state index is 0.0210. The van der Waals surface area contributed by atoms with Crippen molar-refractivity contribution >= 4 is 34.8 Å². The molecule has 1 atom stereocenters. The Bertz CT molecular complexity index is 1370. The van der Waals surface area contributed by atoms with E-state index in [2.05, 4.69) is 20.8 Å².